The zero-order chi connectivity index (χ0) is 10.2. The molecule has 0 bridgehead atoms. The summed E-state index contributed by atoms with van der Waals surface area (Å²) >= 11 is 0. The molecule has 0 aromatic rings. The largest absolute Gasteiger partial charge is 0.456 e. The predicted octanol–water partition coefficient (Wildman–Crippen LogP) is 2.88. The highest BCUT2D eigenvalue weighted by atomic mass is 19.4. The molecule has 74 valence electrons. The van der Waals surface area contributed by atoms with Crippen molar-refractivity contribution < 1.29 is 30.7 Å². The zero-order valence-electron chi connectivity index (χ0n) is 5.80. The van der Waals surface area contributed by atoms with Gasteiger partial charge in [-0.3, -0.25) is 0 Å². The lowest BCUT2D eigenvalue weighted by Gasteiger charge is -2.23. The molecule has 0 N–H and O–H groups in total. The first-order valence-corrected chi connectivity index (χ1v) is 2.83. The van der Waals surface area contributed by atoms with Gasteiger partial charge in [-0.2, -0.15) is 22.0 Å². The summed E-state index contributed by atoms with van der Waals surface area (Å²) in [5.41, 5.74) is 0. The van der Waals surface area contributed by atoms with E-state index in [4.69, 9.17) is 0 Å². The minimum Gasteiger partial charge on any atom is -0.244 e. The van der Waals surface area contributed by atoms with Gasteiger partial charge in [-0.05, 0) is 6.92 Å². The third kappa shape index (κ3) is 2.01. The Labute approximate surface area is 63.4 Å². The van der Waals surface area contributed by atoms with E-state index in [2.05, 4.69) is 0 Å². The number of hydrogen-bond acceptors (Lipinski definition) is 0. The van der Waals surface area contributed by atoms with Gasteiger partial charge in [0.05, 0.1) is 0 Å². The maximum atomic E-state index is 12.0. The van der Waals surface area contributed by atoms with Crippen LogP contribution in [0, 0.1) is 0 Å². The van der Waals surface area contributed by atoms with Crippen molar-refractivity contribution >= 4 is 0 Å². The highest BCUT2D eigenvalue weighted by Crippen LogP contribution is 2.40. The van der Waals surface area contributed by atoms with Gasteiger partial charge in [-0.15, -0.1) is 0 Å². The second-order valence-corrected chi connectivity index (χ2v) is 2.20. The van der Waals surface area contributed by atoms with Gasteiger partial charge in [0.15, 0.2) is 0 Å². The summed E-state index contributed by atoms with van der Waals surface area (Å²) in [5, 5.41) is 0. The van der Waals surface area contributed by atoms with Crippen LogP contribution in [0.1, 0.15) is 6.92 Å². The van der Waals surface area contributed by atoms with E-state index in [0.29, 0.717) is 6.92 Å². The molecule has 0 fully saturated rings. The smallest absolute Gasteiger partial charge is 0.244 e. The third-order valence-corrected chi connectivity index (χ3v) is 1.13. The zero-order valence-corrected chi connectivity index (χ0v) is 5.80. The molecule has 0 aliphatic carbocycles. The van der Waals surface area contributed by atoms with E-state index in [1.807, 2.05) is 0 Å². The second kappa shape index (κ2) is 3.10. The molecule has 0 rings (SSSR count). The molecule has 0 heterocycles. The van der Waals surface area contributed by atoms with Gasteiger partial charge in [-0.25, -0.2) is 8.78 Å². The number of alkyl halides is 7. The summed E-state index contributed by atoms with van der Waals surface area (Å²) in [6, 6.07) is 0. The van der Waals surface area contributed by atoms with Gasteiger partial charge in [0.25, 0.3) is 0 Å². The first-order valence-electron chi connectivity index (χ1n) is 2.83. The normalized spacial score (nSPS) is 19.0. The Morgan fingerprint density at radius 2 is 1.25 bits per heavy atom. The minimum absolute atomic E-state index is 0.296. The van der Waals surface area contributed by atoms with Crippen LogP contribution < -0.4 is 0 Å². The molecular formula is C5H5F7. The van der Waals surface area contributed by atoms with Crippen molar-refractivity contribution in [3.63, 3.8) is 0 Å². The topological polar surface area (TPSA) is 0 Å². The maximum Gasteiger partial charge on any atom is 0.456 e. The summed E-state index contributed by atoms with van der Waals surface area (Å²) in [6.45, 7) is 0.296. The molecule has 2 atom stereocenters. The average molecular weight is 198 g/mol. The van der Waals surface area contributed by atoms with E-state index in [9.17, 15) is 30.7 Å². The average Bonchev–Trinajstić information content (AvgIpc) is 1.83. The van der Waals surface area contributed by atoms with E-state index in [1.165, 1.54) is 0 Å². The van der Waals surface area contributed by atoms with Crippen molar-refractivity contribution in [1.29, 1.82) is 0 Å². The van der Waals surface area contributed by atoms with Gasteiger partial charge in [0, 0.05) is 0 Å². The summed E-state index contributed by atoms with van der Waals surface area (Å²) in [5.74, 6) is -5.62. The Morgan fingerprint density at radius 1 is 0.917 bits per heavy atom. The van der Waals surface area contributed by atoms with Crippen LogP contribution in [-0.4, -0.2) is 24.4 Å². The SMILES string of the molecule is CC(F)C(F)C(F)(F)C(F)(F)F. The molecule has 0 nitrogen and oxygen atoms in total. The summed E-state index contributed by atoms with van der Waals surface area (Å²) in [6.07, 6.45) is -12.8. The Kier molecular flexibility index (Phi) is 2.97. The van der Waals surface area contributed by atoms with Crippen LogP contribution in [0.5, 0.6) is 0 Å². The quantitative estimate of drug-likeness (QED) is 0.598. The molecule has 0 spiro atoms. The lowest BCUT2D eigenvalue weighted by atomic mass is 10.1. The van der Waals surface area contributed by atoms with Crippen LogP contribution in [-0.2, 0) is 0 Å². The Hall–Kier alpha value is -0.490. The first-order chi connectivity index (χ1) is 5.10. The first kappa shape index (κ1) is 11.5. The van der Waals surface area contributed by atoms with Crippen molar-refractivity contribution in [1.82, 2.24) is 0 Å². The van der Waals surface area contributed by atoms with Gasteiger partial charge < -0.3 is 0 Å². The summed E-state index contributed by atoms with van der Waals surface area (Å²) in [7, 11) is 0. The van der Waals surface area contributed by atoms with E-state index in [0.717, 1.165) is 0 Å². The fourth-order valence-corrected chi connectivity index (χ4v) is 0.445. The Bertz CT molecular complexity index is 146. The molecule has 0 aromatic heterocycles. The molecule has 2 unspecified atom stereocenters. The van der Waals surface area contributed by atoms with Gasteiger partial charge in [-0.1, -0.05) is 0 Å². The summed E-state index contributed by atoms with van der Waals surface area (Å²) < 4.78 is 81.3. The third-order valence-electron chi connectivity index (χ3n) is 1.13. The van der Waals surface area contributed by atoms with Crippen LogP contribution in [0.2, 0.25) is 0 Å². The number of hydrogen-bond donors (Lipinski definition) is 0. The van der Waals surface area contributed by atoms with Crippen LogP contribution in [0.3, 0.4) is 0 Å². The van der Waals surface area contributed by atoms with Crippen molar-refractivity contribution in [2.75, 3.05) is 0 Å². The molecule has 0 saturated carbocycles. The minimum atomic E-state index is -6.05. The molecule has 0 amide bonds. The monoisotopic (exact) mass is 198 g/mol. The molecule has 12 heavy (non-hydrogen) atoms. The predicted molar refractivity (Wildman–Crippen MR) is 26.5 cm³/mol. The van der Waals surface area contributed by atoms with Crippen LogP contribution in [0.4, 0.5) is 30.7 Å². The van der Waals surface area contributed by atoms with Crippen molar-refractivity contribution in [2.24, 2.45) is 0 Å². The van der Waals surface area contributed by atoms with Gasteiger partial charge in [0.1, 0.15) is 6.17 Å². The summed E-state index contributed by atoms with van der Waals surface area (Å²) in [4.78, 5) is 0. The molecule has 7 heteroatoms. The molecule has 0 radical (unpaired) electrons. The Balaban J connectivity index is 4.61. The van der Waals surface area contributed by atoms with E-state index >= 15 is 0 Å². The van der Waals surface area contributed by atoms with E-state index in [-0.39, 0.29) is 0 Å². The second-order valence-electron chi connectivity index (χ2n) is 2.20. The number of rotatable bonds is 2. The van der Waals surface area contributed by atoms with E-state index in [1.54, 1.807) is 0 Å². The molecule has 0 aromatic carbocycles. The Morgan fingerprint density at radius 3 is 1.33 bits per heavy atom. The highest BCUT2D eigenvalue weighted by Gasteiger charge is 2.64. The maximum absolute atomic E-state index is 12.0. The molecule has 0 saturated heterocycles. The van der Waals surface area contributed by atoms with E-state index < -0.39 is 24.4 Å². The number of halogens is 7. The lowest BCUT2D eigenvalue weighted by Crippen LogP contribution is -2.48. The van der Waals surface area contributed by atoms with Crippen molar-refractivity contribution in [2.45, 2.75) is 31.4 Å². The fraction of sp³-hybridized carbons (Fsp3) is 1.00. The van der Waals surface area contributed by atoms with Crippen LogP contribution >= 0.6 is 0 Å². The highest BCUT2D eigenvalue weighted by molar-refractivity contribution is 4.87. The molecule has 0 aliphatic heterocycles. The molecule has 0 aliphatic rings. The van der Waals surface area contributed by atoms with Gasteiger partial charge >= 0.3 is 12.1 Å². The van der Waals surface area contributed by atoms with Crippen molar-refractivity contribution in [3.8, 4) is 0 Å². The lowest BCUT2D eigenvalue weighted by molar-refractivity contribution is -0.308. The standard InChI is InChI=1S/C5H5F7/c1-2(6)3(7)4(8,9)5(10,11)12/h2-3H,1H3. The van der Waals surface area contributed by atoms with Gasteiger partial charge in [0.2, 0.25) is 6.17 Å². The van der Waals surface area contributed by atoms with Crippen molar-refractivity contribution in [3.05, 3.63) is 0 Å². The van der Waals surface area contributed by atoms with Crippen LogP contribution in [0.15, 0.2) is 0 Å². The molecular weight excluding hydrogens is 193 g/mol. The fourth-order valence-electron chi connectivity index (χ4n) is 0.445. The van der Waals surface area contributed by atoms with Crippen LogP contribution in [0.25, 0.3) is 0 Å².